The summed E-state index contributed by atoms with van der Waals surface area (Å²) in [7, 11) is 0. The Kier molecular flexibility index (Phi) is 4.77. The number of primary amides is 1. The summed E-state index contributed by atoms with van der Waals surface area (Å²) in [6.07, 6.45) is 0. The molecule has 0 spiro atoms. The molecule has 1 rings (SSSR count). The van der Waals surface area contributed by atoms with Crippen molar-refractivity contribution in [3.63, 3.8) is 0 Å². The van der Waals surface area contributed by atoms with Crippen LogP contribution in [0, 0.1) is 0 Å². The van der Waals surface area contributed by atoms with Crippen LogP contribution in [0.1, 0.15) is 25.5 Å². The maximum atomic E-state index is 10.9. The van der Waals surface area contributed by atoms with E-state index in [9.17, 15) is 4.79 Å². The fourth-order valence-electron chi connectivity index (χ4n) is 1.40. The molecule has 1 aromatic carbocycles. The third kappa shape index (κ3) is 3.47. The summed E-state index contributed by atoms with van der Waals surface area (Å²) >= 11 is 9.44. The molecule has 0 aliphatic heterocycles. The van der Waals surface area contributed by atoms with E-state index in [4.69, 9.17) is 17.3 Å². The van der Waals surface area contributed by atoms with Crippen LogP contribution in [0.3, 0.4) is 0 Å². The monoisotopic (exact) mass is 304 g/mol. The Morgan fingerprint density at radius 2 is 2.12 bits per heavy atom. The Morgan fingerprint density at radius 1 is 1.50 bits per heavy atom. The van der Waals surface area contributed by atoms with E-state index >= 15 is 0 Å². The molecule has 3 nitrogen and oxygen atoms in total. The smallest absolute Gasteiger partial charge is 0.234 e. The van der Waals surface area contributed by atoms with Crippen LogP contribution >= 0.6 is 27.5 Å². The number of amides is 1. The fraction of sp³-hybridized carbons (Fsp3) is 0.364. The number of hydrogen-bond donors (Lipinski definition) is 2. The quantitative estimate of drug-likeness (QED) is 0.898. The van der Waals surface area contributed by atoms with Gasteiger partial charge in [0, 0.05) is 15.5 Å². The van der Waals surface area contributed by atoms with Gasteiger partial charge >= 0.3 is 0 Å². The van der Waals surface area contributed by atoms with E-state index in [1.165, 1.54) is 0 Å². The van der Waals surface area contributed by atoms with Gasteiger partial charge in [-0.15, -0.1) is 0 Å². The lowest BCUT2D eigenvalue weighted by Gasteiger charge is -2.19. The number of hydrogen-bond acceptors (Lipinski definition) is 2. The summed E-state index contributed by atoms with van der Waals surface area (Å²) < 4.78 is 0.927. The zero-order valence-electron chi connectivity index (χ0n) is 9.13. The molecule has 88 valence electrons. The highest BCUT2D eigenvalue weighted by Gasteiger charge is 2.15. The van der Waals surface area contributed by atoms with Gasteiger partial charge in [0.15, 0.2) is 0 Å². The molecule has 0 saturated carbocycles. The molecule has 0 aliphatic carbocycles. The van der Waals surface area contributed by atoms with Crippen molar-refractivity contribution in [1.82, 2.24) is 5.32 Å². The Hall–Kier alpha value is -0.580. The molecule has 5 heteroatoms. The van der Waals surface area contributed by atoms with E-state index in [0.717, 1.165) is 10.0 Å². The fourth-order valence-corrected chi connectivity index (χ4v) is 2.24. The molecule has 0 fully saturated rings. The summed E-state index contributed by atoms with van der Waals surface area (Å²) in [6.45, 7) is 3.67. The van der Waals surface area contributed by atoms with E-state index < -0.39 is 0 Å². The van der Waals surface area contributed by atoms with E-state index in [1.807, 2.05) is 25.1 Å². The molecule has 16 heavy (non-hydrogen) atoms. The summed E-state index contributed by atoms with van der Waals surface area (Å²) in [5, 5.41) is 3.74. The molecule has 0 radical (unpaired) electrons. The minimum Gasteiger partial charge on any atom is -0.368 e. The zero-order chi connectivity index (χ0) is 12.3. The second-order valence-electron chi connectivity index (χ2n) is 3.68. The minimum atomic E-state index is -0.380. The van der Waals surface area contributed by atoms with Gasteiger partial charge in [-0.1, -0.05) is 33.6 Å². The van der Waals surface area contributed by atoms with E-state index in [2.05, 4.69) is 21.2 Å². The van der Waals surface area contributed by atoms with Gasteiger partial charge in [0.05, 0.1) is 6.04 Å². The number of halogens is 2. The Bertz CT molecular complexity index is 398. The molecule has 0 aromatic heterocycles. The van der Waals surface area contributed by atoms with Crippen molar-refractivity contribution in [2.24, 2.45) is 5.73 Å². The van der Waals surface area contributed by atoms with Crippen LogP contribution < -0.4 is 11.1 Å². The van der Waals surface area contributed by atoms with Crippen molar-refractivity contribution in [2.45, 2.75) is 25.9 Å². The molecule has 2 atom stereocenters. The summed E-state index contributed by atoms with van der Waals surface area (Å²) in [6, 6.07) is 5.24. The first-order chi connectivity index (χ1) is 7.41. The first-order valence-electron chi connectivity index (χ1n) is 4.92. The van der Waals surface area contributed by atoms with Crippen LogP contribution in [0.4, 0.5) is 0 Å². The lowest BCUT2D eigenvalue weighted by atomic mass is 10.1. The van der Waals surface area contributed by atoms with Crippen LogP contribution in [0.2, 0.25) is 5.02 Å². The number of nitrogens with two attached hydrogens (primary N) is 1. The van der Waals surface area contributed by atoms with Gasteiger partial charge in [-0.05, 0) is 31.5 Å². The van der Waals surface area contributed by atoms with Crippen LogP contribution in [0.5, 0.6) is 0 Å². The van der Waals surface area contributed by atoms with Gasteiger partial charge < -0.3 is 5.73 Å². The van der Waals surface area contributed by atoms with Crippen LogP contribution in [-0.4, -0.2) is 11.9 Å². The molecule has 2 unspecified atom stereocenters. The SMILES string of the molecule is CC(NC(C)c1ccc(Br)cc1Cl)C(N)=O. The van der Waals surface area contributed by atoms with Crippen molar-refractivity contribution in [2.75, 3.05) is 0 Å². The lowest BCUT2D eigenvalue weighted by molar-refractivity contribution is -0.119. The van der Waals surface area contributed by atoms with Gasteiger partial charge in [0.2, 0.25) is 5.91 Å². The lowest BCUT2D eigenvalue weighted by Crippen LogP contribution is -2.40. The van der Waals surface area contributed by atoms with E-state index in [0.29, 0.717) is 5.02 Å². The van der Waals surface area contributed by atoms with Gasteiger partial charge in [-0.2, -0.15) is 0 Å². The number of rotatable bonds is 4. The third-order valence-corrected chi connectivity index (χ3v) is 3.18. The molecule has 1 amide bonds. The molecule has 1 aromatic rings. The summed E-state index contributed by atoms with van der Waals surface area (Å²) in [5.41, 5.74) is 6.13. The molecular formula is C11H14BrClN2O. The van der Waals surface area contributed by atoms with Crippen LogP contribution in [0.25, 0.3) is 0 Å². The van der Waals surface area contributed by atoms with Crippen LogP contribution in [0.15, 0.2) is 22.7 Å². The second-order valence-corrected chi connectivity index (χ2v) is 5.00. The summed E-state index contributed by atoms with van der Waals surface area (Å²) in [5.74, 6) is -0.375. The van der Waals surface area contributed by atoms with Crippen LogP contribution in [-0.2, 0) is 4.79 Å². The Morgan fingerprint density at radius 3 is 2.62 bits per heavy atom. The standard InChI is InChI=1S/C11H14BrClN2O/c1-6(15-7(2)11(14)16)9-4-3-8(12)5-10(9)13/h3-7,15H,1-2H3,(H2,14,16). The Balaban J connectivity index is 2.80. The zero-order valence-corrected chi connectivity index (χ0v) is 11.5. The molecule has 3 N–H and O–H groups in total. The molecule has 0 bridgehead atoms. The predicted molar refractivity (Wildman–Crippen MR) is 69.4 cm³/mol. The van der Waals surface area contributed by atoms with E-state index in [1.54, 1.807) is 6.92 Å². The first-order valence-corrected chi connectivity index (χ1v) is 6.09. The number of carbonyl (C=O) groups excluding carboxylic acids is 1. The van der Waals surface area contributed by atoms with Gasteiger partial charge in [-0.25, -0.2) is 0 Å². The maximum absolute atomic E-state index is 10.9. The molecule has 0 heterocycles. The maximum Gasteiger partial charge on any atom is 0.234 e. The molecular weight excluding hydrogens is 291 g/mol. The van der Waals surface area contributed by atoms with Gasteiger partial charge in [-0.3, -0.25) is 10.1 Å². The highest BCUT2D eigenvalue weighted by Crippen LogP contribution is 2.26. The van der Waals surface area contributed by atoms with Crippen molar-refractivity contribution in [1.29, 1.82) is 0 Å². The van der Waals surface area contributed by atoms with E-state index in [-0.39, 0.29) is 18.0 Å². The van der Waals surface area contributed by atoms with Crippen molar-refractivity contribution < 1.29 is 4.79 Å². The average molecular weight is 306 g/mol. The average Bonchev–Trinajstić information content (AvgIpc) is 2.16. The largest absolute Gasteiger partial charge is 0.368 e. The number of carbonyl (C=O) groups is 1. The third-order valence-electron chi connectivity index (χ3n) is 2.36. The van der Waals surface area contributed by atoms with Gasteiger partial charge in [0.25, 0.3) is 0 Å². The summed E-state index contributed by atoms with van der Waals surface area (Å²) in [4.78, 5) is 10.9. The number of benzene rings is 1. The molecule has 0 aliphatic rings. The normalized spacial score (nSPS) is 14.5. The highest BCUT2D eigenvalue weighted by molar-refractivity contribution is 9.10. The predicted octanol–water partition coefficient (Wildman–Crippen LogP) is 2.63. The van der Waals surface area contributed by atoms with Crippen molar-refractivity contribution in [3.8, 4) is 0 Å². The van der Waals surface area contributed by atoms with Crippen molar-refractivity contribution >= 4 is 33.4 Å². The van der Waals surface area contributed by atoms with Crippen molar-refractivity contribution in [3.05, 3.63) is 33.3 Å². The topological polar surface area (TPSA) is 55.1 Å². The highest BCUT2D eigenvalue weighted by atomic mass is 79.9. The number of nitrogens with one attached hydrogen (secondary N) is 1. The molecule has 0 saturated heterocycles. The second kappa shape index (κ2) is 5.66. The van der Waals surface area contributed by atoms with Gasteiger partial charge in [0.1, 0.15) is 0 Å². The Labute approximate surface area is 108 Å². The first kappa shape index (κ1) is 13.5. The minimum absolute atomic E-state index is 0.0249.